The number of halogens is 2. The second-order valence-corrected chi connectivity index (χ2v) is 9.44. The molecule has 1 fully saturated rings. The Morgan fingerprint density at radius 2 is 1.59 bits per heavy atom. The van der Waals surface area contributed by atoms with E-state index < -0.39 is 15.6 Å². The zero-order valence-electron chi connectivity index (χ0n) is 14.6. The van der Waals surface area contributed by atoms with Crippen LogP contribution in [0.1, 0.15) is 5.56 Å². The Bertz CT molecular complexity index is 909. The molecule has 0 spiro atoms. The normalized spacial score (nSPS) is 15.0. The molecule has 8 heteroatoms. The predicted octanol–water partition coefficient (Wildman–Crippen LogP) is 3.26. The molecule has 0 radical (unpaired) electrons. The van der Waals surface area contributed by atoms with E-state index in [0.717, 1.165) is 5.69 Å². The fourth-order valence-corrected chi connectivity index (χ4v) is 4.72. The molecule has 1 aliphatic heterocycles. The van der Waals surface area contributed by atoms with Crippen molar-refractivity contribution in [3.63, 3.8) is 0 Å². The fraction of sp³-hybridized carbons (Fsp3) is 0.316. The van der Waals surface area contributed by atoms with Gasteiger partial charge in [-0.15, -0.1) is 0 Å². The Morgan fingerprint density at radius 3 is 2.22 bits per heavy atom. The third-order valence-corrected chi connectivity index (χ3v) is 6.40. The maximum Gasteiger partial charge on any atom is 0.237 e. The van der Waals surface area contributed by atoms with Crippen LogP contribution < -0.4 is 4.90 Å². The van der Waals surface area contributed by atoms with E-state index in [2.05, 4.69) is 4.90 Å². The zero-order valence-corrected chi connectivity index (χ0v) is 17.0. The van der Waals surface area contributed by atoms with Crippen LogP contribution in [0.3, 0.4) is 0 Å². The summed E-state index contributed by atoms with van der Waals surface area (Å²) in [5, 5.41) is 1.21. The van der Waals surface area contributed by atoms with Gasteiger partial charge in [0.2, 0.25) is 5.91 Å². The van der Waals surface area contributed by atoms with Gasteiger partial charge in [-0.2, -0.15) is 0 Å². The molecular weight excluding hydrogens is 407 g/mol. The summed E-state index contributed by atoms with van der Waals surface area (Å²) in [6, 6.07) is 14.2. The molecule has 2 aromatic carbocycles. The van der Waals surface area contributed by atoms with E-state index in [1.54, 1.807) is 29.2 Å². The van der Waals surface area contributed by atoms with Gasteiger partial charge in [-0.25, -0.2) is 8.42 Å². The molecule has 0 unspecified atom stereocenters. The Balaban J connectivity index is 1.55. The summed E-state index contributed by atoms with van der Waals surface area (Å²) in [6.45, 7) is 2.26. The van der Waals surface area contributed by atoms with Crippen LogP contribution in [-0.2, 0) is 20.4 Å². The van der Waals surface area contributed by atoms with Gasteiger partial charge in [0, 0.05) is 41.9 Å². The molecule has 2 aromatic rings. The van der Waals surface area contributed by atoms with Crippen molar-refractivity contribution in [2.45, 2.75) is 5.75 Å². The molecule has 1 saturated heterocycles. The van der Waals surface area contributed by atoms with Gasteiger partial charge in [-0.1, -0.05) is 41.4 Å². The number of carbonyl (C=O) groups excluding carboxylic acids is 1. The SMILES string of the molecule is O=C(CS(=O)(=O)Cc1ccc(Cl)cc1)N1CCN(c2cccc(Cl)c2)CC1. The lowest BCUT2D eigenvalue weighted by molar-refractivity contribution is -0.128. The van der Waals surface area contributed by atoms with Crippen LogP contribution in [0.5, 0.6) is 0 Å². The number of nitrogens with zero attached hydrogens (tertiary/aromatic N) is 2. The topological polar surface area (TPSA) is 57.7 Å². The second kappa shape index (κ2) is 8.50. The minimum atomic E-state index is -3.53. The Labute approximate surface area is 169 Å². The van der Waals surface area contributed by atoms with Crippen molar-refractivity contribution >= 4 is 44.6 Å². The summed E-state index contributed by atoms with van der Waals surface area (Å²) in [6.07, 6.45) is 0. The molecule has 1 amide bonds. The summed E-state index contributed by atoms with van der Waals surface area (Å²) in [5.74, 6) is -1.000. The number of hydrogen-bond acceptors (Lipinski definition) is 4. The molecule has 5 nitrogen and oxygen atoms in total. The van der Waals surface area contributed by atoms with Crippen LogP contribution >= 0.6 is 23.2 Å². The van der Waals surface area contributed by atoms with Crippen LogP contribution in [0.4, 0.5) is 5.69 Å². The zero-order chi connectivity index (χ0) is 19.4. The van der Waals surface area contributed by atoms with Gasteiger partial charge in [0.15, 0.2) is 9.84 Å². The first-order chi connectivity index (χ1) is 12.8. The molecule has 3 rings (SSSR count). The van der Waals surface area contributed by atoms with Crippen LogP contribution in [-0.4, -0.2) is 51.2 Å². The number of carbonyl (C=O) groups is 1. The third kappa shape index (κ3) is 5.61. The molecule has 0 atom stereocenters. The van der Waals surface area contributed by atoms with Crippen LogP contribution in [0.2, 0.25) is 10.0 Å². The van der Waals surface area contributed by atoms with Gasteiger partial charge in [-0.05, 0) is 35.9 Å². The standard InChI is InChI=1S/C19H20Cl2N2O3S/c20-16-6-4-15(5-7-16)13-27(25,26)14-19(24)23-10-8-22(9-11-23)18-3-1-2-17(21)12-18/h1-7,12H,8-11,13-14H2. The summed E-state index contributed by atoms with van der Waals surface area (Å²) < 4.78 is 24.7. The number of anilines is 1. The first kappa shape index (κ1) is 20.0. The quantitative estimate of drug-likeness (QED) is 0.735. The minimum Gasteiger partial charge on any atom is -0.368 e. The molecule has 1 aliphatic rings. The van der Waals surface area contributed by atoms with Crippen molar-refractivity contribution in [3.05, 3.63) is 64.1 Å². The van der Waals surface area contributed by atoms with E-state index in [0.29, 0.717) is 41.8 Å². The third-order valence-electron chi connectivity index (χ3n) is 4.45. The highest BCUT2D eigenvalue weighted by molar-refractivity contribution is 7.91. The minimum absolute atomic E-state index is 0.168. The average molecular weight is 427 g/mol. The molecule has 144 valence electrons. The maximum absolute atomic E-state index is 12.4. The number of amides is 1. The lowest BCUT2D eigenvalue weighted by atomic mass is 10.2. The van der Waals surface area contributed by atoms with Crippen molar-refractivity contribution in [2.75, 3.05) is 36.8 Å². The molecule has 0 aliphatic carbocycles. The summed E-state index contributed by atoms with van der Waals surface area (Å²) >= 11 is 11.8. The molecule has 0 N–H and O–H groups in total. The van der Waals surface area contributed by atoms with Crippen molar-refractivity contribution < 1.29 is 13.2 Å². The highest BCUT2D eigenvalue weighted by Gasteiger charge is 2.25. The van der Waals surface area contributed by atoms with E-state index in [1.807, 2.05) is 24.3 Å². The number of hydrogen-bond donors (Lipinski definition) is 0. The molecule has 27 heavy (non-hydrogen) atoms. The Morgan fingerprint density at radius 1 is 0.926 bits per heavy atom. The van der Waals surface area contributed by atoms with Gasteiger partial charge in [0.05, 0.1) is 5.75 Å². The summed E-state index contributed by atoms with van der Waals surface area (Å²) in [7, 11) is -3.53. The van der Waals surface area contributed by atoms with Crippen LogP contribution in [0, 0.1) is 0 Å². The van der Waals surface area contributed by atoms with Gasteiger partial charge in [0.25, 0.3) is 0 Å². The lowest BCUT2D eigenvalue weighted by Crippen LogP contribution is -2.50. The number of piperazine rings is 1. The first-order valence-corrected chi connectivity index (χ1v) is 11.1. The highest BCUT2D eigenvalue weighted by atomic mass is 35.5. The Kier molecular flexibility index (Phi) is 6.29. The van der Waals surface area contributed by atoms with E-state index in [-0.39, 0.29) is 11.7 Å². The van der Waals surface area contributed by atoms with Crippen molar-refractivity contribution in [1.82, 2.24) is 4.90 Å². The van der Waals surface area contributed by atoms with Crippen molar-refractivity contribution in [1.29, 1.82) is 0 Å². The number of sulfone groups is 1. The van der Waals surface area contributed by atoms with Crippen molar-refractivity contribution in [3.8, 4) is 0 Å². The summed E-state index contributed by atoms with van der Waals surface area (Å²) in [5.41, 5.74) is 1.63. The molecule has 0 saturated carbocycles. The van der Waals surface area contributed by atoms with Gasteiger partial charge in [-0.3, -0.25) is 4.79 Å². The molecule has 0 bridgehead atoms. The monoisotopic (exact) mass is 426 g/mol. The summed E-state index contributed by atoms with van der Waals surface area (Å²) in [4.78, 5) is 16.2. The van der Waals surface area contributed by atoms with Gasteiger partial charge >= 0.3 is 0 Å². The van der Waals surface area contributed by atoms with Crippen LogP contribution in [0.25, 0.3) is 0 Å². The Hall–Kier alpha value is -1.76. The molecule has 0 aromatic heterocycles. The van der Waals surface area contributed by atoms with E-state index >= 15 is 0 Å². The number of rotatable bonds is 5. The lowest BCUT2D eigenvalue weighted by Gasteiger charge is -2.36. The fourth-order valence-electron chi connectivity index (χ4n) is 3.05. The predicted molar refractivity (Wildman–Crippen MR) is 109 cm³/mol. The molecule has 1 heterocycles. The van der Waals surface area contributed by atoms with E-state index in [9.17, 15) is 13.2 Å². The largest absolute Gasteiger partial charge is 0.368 e. The number of benzene rings is 2. The van der Waals surface area contributed by atoms with Crippen molar-refractivity contribution in [2.24, 2.45) is 0 Å². The highest BCUT2D eigenvalue weighted by Crippen LogP contribution is 2.21. The van der Waals surface area contributed by atoms with Gasteiger partial charge < -0.3 is 9.80 Å². The maximum atomic E-state index is 12.4. The van der Waals surface area contributed by atoms with E-state index in [4.69, 9.17) is 23.2 Å². The first-order valence-electron chi connectivity index (χ1n) is 8.55. The van der Waals surface area contributed by atoms with Crippen LogP contribution in [0.15, 0.2) is 48.5 Å². The average Bonchev–Trinajstić information content (AvgIpc) is 2.63. The molecular formula is C19H20Cl2N2O3S. The van der Waals surface area contributed by atoms with Gasteiger partial charge in [0.1, 0.15) is 5.75 Å². The second-order valence-electron chi connectivity index (χ2n) is 6.51. The van der Waals surface area contributed by atoms with E-state index in [1.165, 1.54) is 0 Å². The smallest absolute Gasteiger partial charge is 0.237 e.